The molecular formula is C14H25ClN4O3S. The maximum Gasteiger partial charge on any atom is 0.235 e. The van der Waals surface area contributed by atoms with Gasteiger partial charge in [0.2, 0.25) is 11.8 Å². The zero-order valence-corrected chi connectivity index (χ0v) is 15.5. The lowest BCUT2D eigenvalue weighted by molar-refractivity contribution is -0.120. The van der Waals surface area contributed by atoms with E-state index in [1.54, 1.807) is 13.0 Å². The van der Waals surface area contributed by atoms with Crippen LogP contribution in [0, 0.1) is 12.8 Å². The van der Waals surface area contributed by atoms with Crippen molar-refractivity contribution in [2.75, 3.05) is 23.4 Å². The van der Waals surface area contributed by atoms with E-state index in [-0.39, 0.29) is 41.6 Å². The van der Waals surface area contributed by atoms with Gasteiger partial charge in [-0.2, -0.15) is 0 Å². The first kappa shape index (κ1) is 21.8. The Balaban J connectivity index is 0.00000484. The third-order valence-electron chi connectivity index (χ3n) is 3.49. The number of hydrogen-bond donors (Lipinski definition) is 3. The first-order chi connectivity index (χ1) is 10.3. The highest BCUT2D eigenvalue weighted by Gasteiger charge is 2.28. The van der Waals surface area contributed by atoms with Gasteiger partial charge in [-0.1, -0.05) is 19.0 Å². The molecule has 0 spiro atoms. The van der Waals surface area contributed by atoms with Gasteiger partial charge in [0.15, 0.2) is 5.82 Å². The summed E-state index contributed by atoms with van der Waals surface area (Å²) in [7, 11) is 0. The minimum absolute atomic E-state index is 0. The second kappa shape index (κ2) is 9.79. The van der Waals surface area contributed by atoms with Gasteiger partial charge < -0.3 is 20.9 Å². The molecule has 132 valence electrons. The molecule has 0 radical (unpaired) electrons. The zero-order valence-electron chi connectivity index (χ0n) is 13.8. The van der Waals surface area contributed by atoms with E-state index in [1.165, 1.54) is 11.8 Å². The van der Waals surface area contributed by atoms with Gasteiger partial charge in [0.05, 0.1) is 17.0 Å². The van der Waals surface area contributed by atoms with Crippen molar-refractivity contribution in [3.05, 3.63) is 11.8 Å². The summed E-state index contributed by atoms with van der Waals surface area (Å²) in [5.74, 6) is 1.24. The van der Waals surface area contributed by atoms with E-state index in [9.17, 15) is 9.59 Å². The van der Waals surface area contributed by atoms with Crippen LogP contribution in [0.4, 0.5) is 5.82 Å². The van der Waals surface area contributed by atoms with Crippen molar-refractivity contribution >= 4 is 41.8 Å². The number of aromatic nitrogens is 1. The highest BCUT2D eigenvalue weighted by molar-refractivity contribution is 8.00. The summed E-state index contributed by atoms with van der Waals surface area (Å²) >= 11 is 1.24. The zero-order chi connectivity index (χ0) is 16.8. The van der Waals surface area contributed by atoms with Gasteiger partial charge in [-0.05, 0) is 19.8 Å². The van der Waals surface area contributed by atoms with Crippen LogP contribution in [0.1, 0.15) is 26.5 Å². The fourth-order valence-electron chi connectivity index (χ4n) is 1.63. The number of carbonyl (C=O) groups is 2. The normalized spacial score (nSPS) is 13.1. The third kappa shape index (κ3) is 7.24. The van der Waals surface area contributed by atoms with Crippen LogP contribution in [0.25, 0.3) is 0 Å². The number of aryl methyl sites for hydroxylation is 1. The molecule has 0 fully saturated rings. The average molecular weight is 365 g/mol. The smallest absolute Gasteiger partial charge is 0.235 e. The van der Waals surface area contributed by atoms with E-state index >= 15 is 0 Å². The first-order valence-electron chi connectivity index (χ1n) is 7.09. The molecule has 1 rings (SSSR count). The van der Waals surface area contributed by atoms with Crippen molar-refractivity contribution in [3.63, 3.8) is 0 Å². The monoisotopic (exact) mass is 364 g/mol. The molecule has 23 heavy (non-hydrogen) atoms. The van der Waals surface area contributed by atoms with Crippen molar-refractivity contribution in [1.82, 2.24) is 10.5 Å². The molecule has 7 nitrogen and oxygen atoms in total. The maximum atomic E-state index is 11.9. The van der Waals surface area contributed by atoms with Crippen LogP contribution < -0.4 is 16.4 Å². The summed E-state index contributed by atoms with van der Waals surface area (Å²) in [6.07, 6.45) is 0. The number of nitrogens with zero attached hydrogens (tertiary/aromatic N) is 1. The molecule has 1 aromatic heterocycles. The molecule has 1 unspecified atom stereocenters. The van der Waals surface area contributed by atoms with Crippen molar-refractivity contribution < 1.29 is 14.1 Å². The quantitative estimate of drug-likeness (QED) is 0.645. The molecule has 9 heteroatoms. The van der Waals surface area contributed by atoms with E-state index < -0.39 is 5.54 Å². The molecule has 0 bridgehead atoms. The number of nitrogens with one attached hydrogen (secondary N) is 2. The lowest BCUT2D eigenvalue weighted by Crippen LogP contribution is -2.55. The van der Waals surface area contributed by atoms with Gasteiger partial charge in [0.1, 0.15) is 5.76 Å². The molecule has 1 aromatic rings. The minimum atomic E-state index is -0.432. The molecule has 1 heterocycles. The van der Waals surface area contributed by atoms with E-state index in [0.29, 0.717) is 18.1 Å². The summed E-state index contributed by atoms with van der Waals surface area (Å²) in [5.41, 5.74) is 5.29. The molecule has 2 amide bonds. The topological polar surface area (TPSA) is 110 Å². The second-order valence-corrected chi connectivity index (χ2v) is 6.67. The average Bonchev–Trinajstić information content (AvgIpc) is 2.83. The SMILES string of the molecule is Cc1cc(NC(=O)CSCC(=O)NC(C)(CN)C(C)C)no1.Cl. The molecule has 1 atom stereocenters. The molecule has 0 aliphatic carbocycles. The molecule has 0 saturated carbocycles. The first-order valence-corrected chi connectivity index (χ1v) is 8.24. The van der Waals surface area contributed by atoms with E-state index in [4.69, 9.17) is 10.3 Å². The molecule has 0 aliphatic rings. The van der Waals surface area contributed by atoms with Gasteiger partial charge in [-0.3, -0.25) is 9.59 Å². The number of nitrogens with two attached hydrogens (primary N) is 1. The summed E-state index contributed by atoms with van der Waals surface area (Å²) < 4.78 is 4.85. The summed E-state index contributed by atoms with van der Waals surface area (Å²) in [6, 6.07) is 1.63. The van der Waals surface area contributed by atoms with Crippen molar-refractivity contribution in [1.29, 1.82) is 0 Å². The van der Waals surface area contributed by atoms with Gasteiger partial charge in [-0.15, -0.1) is 24.2 Å². The van der Waals surface area contributed by atoms with Gasteiger partial charge in [0.25, 0.3) is 0 Å². The lowest BCUT2D eigenvalue weighted by Gasteiger charge is -2.33. The molecular weight excluding hydrogens is 340 g/mol. The molecule has 0 saturated heterocycles. The number of hydrogen-bond acceptors (Lipinski definition) is 6. The van der Waals surface area contributed by atoms with Crippen LogP contribution in [-0.2, 0) is 9.59 Å². The number of halogens is 1. The summed E-state index contributed by atoms with van der Waals surface area (Å²) in [5, 5.41) is 9.19. The molecule has 4 N–H and O–H groups in total. The third-order valence-corrected chi connectivity index (χ3v) is 4.42. The Morgan fingerprint density at radius 3 is 2.48 bits per heavy atom. The number of thioether (sulfide) groups is 1. The fraction of sp³-hybridized carbons (Fsp3) is 0.643. The van der Waals surface area contributed by atoms with Crippen LogP contribution in [0.3, 0.4) is 0 Å². The number of anilines is 1. The highest BCUT2D eigenvalue weighted by Crippen LogP contribution is 2.15. The van der Waals surface area contributed by atoms with Crippen molar-refractivity contribution in [2.45, 2.75) is 33.2 Å². The Morgan fingerprint density at radius 2 is 2.00 bits per heavy atom. The number of amides is 2. The van der Waals surface area contributed by atoms with Crippen LogP contribution in [-0.4, -0.2) is 40.6 Å². The minimum Gasteiger partial charge on any atom is -0.360 e. The van der Waals surface area contributed by atoms with Crippen LogP contribution in [0.15, 0.2) is 10.6 Å². The Hall–Kier alpha value is -1.25. The van der Waals surface area contributed by atoms with Crippen LogP contribution >= 0.6 is 24.2 Å². The lowest BCUT2D eigenvalue weighted by atomic mass is 9.88. The predicted octanol–water partition coefficient (Wildman–Crippen LogP) is 1.57. The molecule has 0 aromatic carbocycles. The largest absolute Gasteiger partial charge is 0.360 e. The predicted molar refractivity (Wildman–Crippen MR) is 94.9 cm³/mol. The van der Waals surface area contributed by atoms with E-state index in [1.807, 2.05) is 20.8 Å². The highest BCUT2D eigenvalue weighted by atomic mass is 35.5. The fourth-order valence-corrected chi connectivity index (χ4v) is 2.24. The van der Waals surface area contributed by atoms with Gasteiger partial charge >= 0.3 is 0 Å². The molecule has 0 aliphatic heterocycles. The van der Waals surface area contributed by atoms with E-state index in [0.717, 1.165) is 0 Å². The van der Waals surface area contributed by atoms with Crippen molar-refractivity contribution in [3.8, 4) is 0 Å². The summed E-state index contributed by atoms with van der Waals surface area (Å²) in [4.78, 5) is 23.6. The standard InChI is InChI=1S/C14H24N4O3S.ClH/c1-9(2)14(4,8-15)17-13(20)7-22-6-12(19)16-11-5-10(3)21-18-11;/h5,9H,6-8,15H2,1-4H3,(H,17,20)(H,16,18,19);1H. The maximum absolute atomic E-state index is 11.9. The summed E-state index contributed by atoms with van der Waals surface area (Å²) in [6.45, 7) is 8.04. The van der Waals surface area contributed by atoms with Crippen molar-refractivity contribution in [2.24, 2.45) is 11.7 Å². The number of rotatable bonds is 8. The van der Waals surface area contributed by atoms with Crippen LogP contribution in [0.5, 0.6) is 0 Å². The van der Waals surface area contributed by atoms with Crippen LogP contribution in [0.2, 0.25) is 0 Å². The van der Waals surface area contributed by atoms with E-state index in [2.05, 4.69) is 15.8 Å². The Morgan fingerprint density at radius 1 is 1.39 bits per heavy atom. The van der Waals surface area contributed by atoms with Gasteiger partial charge in [0, 0.05) is 12.6 Å². The Bertz CT molecular complexity index is 524. The number of carbonyl (C=O) groups excluding carboxylic acids is 2. The second-order valence-electron chi connectivity index (χ2n) is 5.69. The van der Waals surface area contributed by atoms with Gasteiger partial charge in [-0.25, -0.2) is 0 Å². The Kier molecular flexibility index (Phi) is 9.26. The Labute approximate surface area is 146 Å².